The summed E-state index contributed by atoms with van der Waals surface area (Å²) in [5.41, 5.74) is 1.43. The third-order valence-corrected chi connectivity index (χ3v) is 4.85. The van der Waals surface area contributed by atoms with E-state index in [1.807, 2.05) is 19.9 Å². The summed E-state index contributed by atoms with van der Waals surface area (Å²) in [5.74, 6) is -2.07. The number of hydrogen-bond acceptors (Lipinski definition) is 4. The number of nitrogens with zero attached hydrogens (tertiary/aromatic N) is 1. The smallest absolute Gasteiger partial charge is 0.337 e. The molecule has 1 unspecified atom stereocenters. The van der Waals surface area contributed by atoms with Gasteiger partial charge in [-0.3, -0.25) is 9.59 Å². The van der Waals surface area contributed by atoms with Crippen LogP contribution in [0, 0.1) is 17.2 Å². The van der Waals surface area contributed by atoms with Gasteiger partial charge in [-0.05, 0) is 36.8 Å². The average Bonchev–Trinajstić information content (AvgIpc) is 3.18. The van der Waals surface area contributed by atoms with Crippen LogP contribution in [0.3, 0.4) is 0 Å². The number of carbonyl (C=O) groups excluding carboxylic acids is 2. The number of carboxylic acids is 1. The third-order valence-electron chi connectivity index (χ3n) is 4.85. The summed E-state index contributed by atoms with van der Waals surface area (Å²) in [4.78, 5) is 39.4. The molecule has 1 atom stereocenters. The van der Waals surface area contributed by atoms with E-state index in [9.17, 15) is 19.5 Å². The Labute approximate surface area is 172 Å². The molecule has 0 aliphatic heterocycles. The Morgan fingerprint density at radius 2 is 1.90 bits per heavy atom. The second-order valence-corrected chi connectivity index (χ2v) is 6.88. The minimum Gasteiger partial charge on any atom is -0.478 e. The van der Waals surface area contributed by atoms with E-state index in [1.54, 1.807) is 24.3 Å². The van der Waals surface area contributed by atoms with Crippen LogP contribution in [0.4, 0.5) is 11.4 Å². The van der Waals surface area contributed by atoms with Crippen LogP contribution in [0.1, 0.15) is 46.7 Å². The number of carbonyl (C=O) groups is 3. The number of fused-ring (bicyclic) bond motifs is 1. The first-order valence-corrected chi connectivity index (χ1v) is 9.35. The van der Waals surface area contributed by atoms with Gasteiger partial charge in [-0.1, -0.05) is 26.0 Å². The van der Waals surface area contributed by atoms with Crippen molar-refractivity contribution in [3.63, 3.8) is 0 Å². The molecule has 8 nitrogen and oxygen atoms in total. The fourth-order valence-corrected chi connectivity index (χ4v) is 2.91. The van der Waals surface area contributed by atoms with Crippen LogP contribution >= 0.6 is 0 Å². The van der Waals surface area contributed by atoms with Gasteiger partial charge >= 0.3 is 5.97 Å². The van der Waals surface area contributed by atoms with Crippen molar-refractivity contribution in [2.75, 3.05) is 10.6 Å². The number of nitriles is 1. The molecule has 1 heterocycles. The number of amides is 2. The highest BCUT2D eigenvalue weighted by atomic mass is 16.4. The van der Waals surface area contributed by atoms with Crippen LogP contribution in [0.25, 0.3) is 10.9 Å². The second-order valence-electron chi connectivity index (χ2n) is 6.88. The Balaban J connectivity index is 1.90. The summed E-state index contributed by atoms with van der Waals surface area (Å²) in [5, 5.41) is 24.5. The zero-order valence-electron chi connectivity index (χ0n) is 16.4. The van der Waals surface area contributed by atoms with Crippen molar-refractivity contribution in [3.8, 4) is 6.07 Å². The highest BCUT2D eigenvalue weighted by Gasteiger charge is 2.18. The maximum absolute atomic E-state index is 12.7. The third kappa shape index (κ3) is 4.15. The molecule has 3 aromatic rings. The molecule has 0 aliphatic carbocycles. The lowest BCUT2D eigenvalue weighted by molar-refractivity contribution is -0.119. The number of H-pyrrole nitrogens is 1. The summed E-state index contributed by atoms with van der Waals surface area (Å²) in [6.07, 6.45) is 0.705. The topological polar surface area (TPSA) is 135 Å². The van der Waals surface area contributed by atoms with E-state index in [0.29, 0.717) is 17.6 Å². The van der Waals surface area contributed by atoms with Crippen molar-refractivity contribution in [2.45, 2.75) is 20.3 Å². The van der Waals surface area contributed by atoms with Crippen molar-refractivity contribution >= 4 is 40.1 Å². The zero-order valence-corrected chi connectivity index (χ0v) is 16.4. The first kappa shape index (κ1) is 20.6. The zero-order chi connectivity index (χ0) is 21.8. The predicted octanol–water partition coefficient (Wildman–Crippen LogP) is 3.97. The number of carboxylic acid groups (broad SMARTS) is 1. The van der Waals surface area contributed by atoms with Gasteiger partial charge in [0.15, 0.2) is 0 Å². The summed E-state index contributed by atoms with van der Waals surface area (Å²) in [7, 11) is 0. The van der Waals surface area contributed by atoms with E-state index in [1.165, 1.54) is 18.2 Å². The van der Waals surface area contributed by atoms with Crippen molar-refractivity contribution in [1.29, 1.82) is 5.26 Å². The van der Waals surface area contributed by atoms with E-state index in [-0.39, 0.29) is 34.3 Å². The first-order valence-electron chi connectivity index (χ1n) is 9.35. The fourth-order valence-electron chi connectivity index (χ4n) is 2.91. The molecule has 4 N–H and O–H groups in total. The SMILES string of the molecule is CCC(C)C(=O)Nc1cccc2cc(C(=O)Nc3ccc(C#N)cc3C(=O)O)[nH]c12. The number of para-hydroxylation sites is 1. The molecule has 0 spiro atoms. The molecule has 3 rings (SSSR count). The predicted molar refractivity (Wildman–Crippen MR) is 112 cm³/mol. The Bertz CT molecular complexity index is 1190. The van der Waals surface area contributed by atoms with Gasteiger partial charge in [0.25, 0.3) is 5.91 Å². The lowest BCUT2D eigenvalue weighted by Crippen LogP contribution is -2.19. The van der Waals surface area contributed by atoms with Gasteiger partial charge in [-0.25, -0.2) is 4.79 Å². The number of nitrogens with one attached hydrogen (secondary N) is 3. The van der Waals surface area contributed by atoms with Crippen LogP contribution in [-0.4, -0.2) is 27.9 Å². The molecule has 8 heteroatoms. The van der Waals surface area contributed by atoms with Gasteiger partial charge in [0.1, 0.15) is 5.69 Å². The van der Waals surface area contributed by atoms with E-state index in [4.69, 9.17) is 5.26 Å². The van der Waals surface area contributed by atoms with Crippen LogP contribution in [0.2, 0.25) is 0 Å². The van der Waals surface area contributed by atoms with Crippen LogP contribution in [0.15, 0.2) is 42.5 Å². The molecule has 0 saturated carbocycles. The van der Waals surface area contributed by atoms with Crippen molar-refractivity contribution in [3.05, 3.63) is 59.3 Å². The lowest BCUT2D eigenvalue weighted by Gasteiger charge is -2.10. The Morgan fingerprint density at radius 1 is 1.13 bits per heavy atom. The fraction of sp³-hybridized carbons (Fsp3) is 0.182. The average molecular weight is 404 g/mol. The molecule has 0 bridgehead atoms. The molecular weight excluding hydrogens is 384 g/mol. The summed E-state index contributed by atoms with van der Waals surface area (Å²) >= 11 is 0. The molecule has 2 aromatic carbocycles. The molecule has 2 amide bonds. The number of hydrogen-bond donors (Lipinski definition) is 4. The largest absolute Gasteiger partial charge is 0.478 e. The molecule has 0 fully saturated rings. The van der Waals surface area contributed by atoms with Gasteiger partial charge in [0, 0.05) is 11.3 Å². The molecule has 0 radical (unpaired) electrons. The summed E-state index contributed by atoms with van der Waals surface area (Å²) in [6.45, 7) is 3.76. The van der Waals surface area contributed by atoms with Gasteiger partial charge in [-0.15, -0.1) is 0 Å². The Kier molecular flexibility index (Phi) is 5.83. The standard InChI is InChI=1S/C22H20N4O4/c1-3-12(2)20(27)26-17-6-4-5-14-10-18(24-19(14)17)21(28)25-16-8-7-13(11-23)9-15(16)22(29)30/h4-10,12,24H,3H2,1-2H3,(H,25,28)(H,26,27)(H,29,30). The number of rotatable bonds is 6. The molecule has 0 saturated heterocycles. The monoisotopic (exact) mass is 404 g/mol. The second kappa shape index (κ2) is 8.49. The van der Waals surface area contributed by atoms with E-state index in [2.05, 4.69) is 15.6 Å². The molecule has 1 aromatic heterocycles. The Morgan fingerprint density at radius 3 is 2.57 bits per heavy atom. The van der Waals surface area contributed by atoms with Gasteiger partial charge in [-0.2, -0.15) is 5.26 Å². The molecule has 30 heavy (non-hydrogen) atoms. The van der Waals surface area contributed by atoms with Gasteiger partial charge in [0.05, 0.1) is 34.1 Å². The van der Waals surface area contributed by atoms with Crippen molar-refractivity contribution in [2.24, 2.45) is 5.92 Å². The Hall–Kier alpha value is -4.12. The van der Waals surface area contributed by atoms with Crippen LogP contribution < -0.4 is 10.6 Å². The highest BCUT2D eigenvalue weighted by Crippen LogP contribution is 2.25. The highest BCUT2D eigenvalue weighted by molar-refractivity contribution is 6.10. The van der Waals surface area contributed by atoms with Crippen LogP contribution in [0.5, 0.6) is 0 Å². The van der Waals surface area contributed by atoms with E-state index in [0.717, 1.165) is 5.39 Å². The maximum Gasteiger partial charge on any atom is 0.337 e. The number of aromatic carboxylic acids is 1. The number of aromatic amines is 1. The normalized spacial score (nSPS) is 11.5. The number of aromatic nitrogens is 1. The molecule has 0 aliphatic rings. The minimum absolute atomic E-state index is 0.0791. The molecular formula is C22H20N4O4. The van der Waals surface area contributed by atoms with Gasteiger partial charge < -0.3 is 20.7 Å². The number of benzene rings is 2. The molecule has 152 valence electrons. The summed E-state index contributed by atoms with van der Waals surface area (Å²) < 4.78 is 0. The van der Waals surface area contributed by atoms with Gasteiger partial charge in [0.2, 0.25) is 5.91 Å². The van der Waals surface area contributed by atoms with Crippen LogP contribution in [-0.2, 0) is 4.79 Å². The van der Waals surface area contributed by atoms with Crippen molar-refractivity contribution in [1.82, 2.24) is 4.98 Å². The number of anilines is 2. The van der Waals surface area contributed by atoms with E-state index >= 15 is 0 Å². The quantitative estimate of drug-likeness (QED) is 0.493. The first-order chi connectivity index (χ1) is 14.3. The van der Waals surface area contributed by atoms with Crippen molar-refractivity contribution < 1.29 is 19.5 Å². The maximum atomic E-state index is 12.7. The van der Waals surface area contributed by atoms with E-state index < -0.39 is 11.9 Å². The summed E-state index contributed by atoms with van der Waals surface area (Å²) in [6, 6.07) is 12.8. The lowest BCUT2D eigenvalue weighted by atomic mass is 10.1. The minimum atomic E-state index is -1.26.